The van der Waals surface area contributed by atoms with E-state index in [0.717, 1.165) is 57.5 Å². The van der Waals surface area contributed by atoms with Crippen molar-refractivity contribution in [3.63, 3.8) is 0 Å². The van der Waals surface area contributed by atoms with E-state index >= 15 is 4.79 Å². The van der Waals surface area contributed by atoms with Gasteiger partial charge in [-0.15, -0.1) is 0 Å². The van der Waals surface area contributed by atoms with E-state index in [2.05, 4.69) is 33.8 Å². The summed E-state index contributed by atoms with van der Waals surface area (Å²) in [6, 6.07) is 21.8. The molecule has 1 saturated carbocycles. The fourth-order valence-electron chi connectivity index (χ4n) is 10.3. The molecule has 8 N–H and O–H groups in total. The van der Waals surface area contributed by atoms with Crippen LogP contribution in [0, 0.1) is 17.3 Å². The first-order chi connectivity index (χ1) is 28.6. The van der Waals surface area contributed by atoms with Crippen LogP contribution in [0.3, 0.4) is 0 Å². The third-order valence-corrected chi connectivity index (χ3v) is 13.1. The molecule has 2 bridgehead atoms. The van der Waals surface area contributed by atoms with Crippen LogP contribution in [0.15, 0.2) is 103 Å². The van der Waals surface area contributed by atoms with Gasteiger partial charge in [0.25, 0.3) is 0 Å². The Morgan fingerprint density at radius 2 is 1.76 bits per heavy atom. The number of allylic oxidation sites excluding steroid dienone is 2. The number of carbonyl (C=O) groups is 1. The highest BCUT2D eigenvalue weighted by atomic mass is 16.5. The van der Waals surface area contributed by atoms with Gasteiger partial charge >= 0.3 is 0 Å². The quantitative estimate of drug-likeness (QED) is 0.0680. The van der Waals surface area contributed by atoms with E-state index in [0.29, 0.717) is 56.4 Å². The number of aliphatic hydroxyl groups is 1. The zero-order chi connectivity index (χ0) is 41.3. The van der Waals surface area contributed by atoms with Crippen molar-refractivity contribution in [2.75, 3.05) is 26.1 Å². The van der Waals surface area contributed by atoms with Crippen LogP contribution in [0.1, 0.15) is 66.8 Å². The average molecular weight is 800 g/mol. The van der Waals surface area contributed by atoms with Crippen molar-refractivity contribution in [3.8, 4) is 34.5 Å². The van der Waals surface area contributed by atoms with E-state index in [9.17, 15) is 25.5 Å². The number of fused-ring (bicyclic) bond motifs is 5. The maximum absolute atomic E-state index is 15.7. The van der Waals surface area contributed by atoms with Crippen molar-refractivity contribution in [2.24, 2.45) is 17.3 Å². The van der Waals surface area contributed by atoms with Crippen molar-refractivity contribution >= 4 is 22.2 Å². The monoisotopic (exact) mass is 799 g/mol. The summed E-state index contributed by atoms with van der Waals surface area (Å²) in [5.74, 6) is -0.551. The van der Waals surface area contributed by atoms with Crippen LogP contribution in [-0.2, 0) is 24.1 Å². The van der Waals surface area contributed by atoms with Crippen molar-refractivity contribution in [2.45, 2.75) is 69.8 Å². The molecule has 1 aliphatic carbocycles. The number of anilines is 1. The van der Waals surface area contributed by atoms with Crippen LogP contribution in [0.5, 0.6) is 34.5 Å². The molecule has 2 aliphatic heterocycles. The molecular formula is C48H53N3O8. The number of rotatable bonds is 9. The molecule has 11 nitrogen and oxygen atoms in total. The Morgan fingerprint density at radius 1 is 0.915 bits per heavy atom. The molecule has 59 heavy (non-hydrogen) atoms. The Balaban J connectivity index is 1.29. The molecule has 308 valence electrons. The number of aliphatic hydroxyl groups excluding tert-OH is 1. The van der Waals surface area contributed by atoms with E-state index in [1.54, 1.807) is 30.3 Å². The number of phenols is 4. The van der Waals surface area contributed by atoms with E-state index in [4.69, 9.17) is 9.47 Å². The molecule has 3 aliphatic rings. The molecule has 1 spiro atoms. The van der Waals surface area contributed by atoms with Crippen LogP contribution >= 0.6 is 0 Å². The fraction of sp³-hybridized carbons (Fsp3) is 0.354. The van der Waals surface area contributed by atoms with Gasteiger partial charge in [-0.25, -0.2) is 0 Å². The molecule has 3 heterocycles. The summed E-state index contributed by atoms with van der Waals surface area (Å²) < 4.78 is 10.9. The van der Waals surface area contributed by atoms with Gasteiger partial charge in [0, 0.05) is 36.0 Å². The molecule has 5 unspecified atom stereocenters. The zero-order valence-corrected chi connectivity index (χ0v) is 33.5. The number of carbonyl (C=O) groups excluding carboxylic acids is 1. The minimum Gasteiger partial charge on any atom is -0.508 e. The van der Waals surface area contributed by atoms with Gasteiger partial charge in [-0.3, -0.25) is 4.79 Å². The Labute approximate surface area is 344 Å². The van der Waals surface area contributed by atoms with Gasteiger partial charge in [0.05, 0.1) is 26.2 Å². The lowest BCUT2D eigenvalue weighted by Crippen LogP contribution is -2.48. The van der Waals surface area contributed by atoms with Crippen LogP contribution in [0.4, 0.5) is 5.69 Å². The molecule has 5 atom stereocenters. The third-order valence-electron chi connectivity index (χ3n) is 13.1. The number of aromatic amines is 1. The van der Waals surface area contributed by atoms with Crippen LogP contribution < -0.4 is 20.1 Å². The lowest BCUT2D eigenvalue weighted by atomic mass is 9.58. The lowest BCUT2D eigenvalue weighted by Gasteiger charge is -2.46. The van der Waals surface area contributed by atoms with Gasteiger partial charge in [0.2, 0.25) is 5.75 Å². The third kappa shape index (κ3) is 7.79. The number of nitrogens with one attached hydrogen (secondary N) is 3. The second kappa shape index (κ2) is 16.7. The Kier molecular flexibility index (Phi) is 11.2. The number of hydrogen-bond donors (Lipinski definition) is 8. The summed E-state index contributed by atoms with van der Waals surface area (Å²) >= 11 is 0. The highest BCUT2D eigenvalue weighted by Gasteiger charge is 2.55. The second-order valence-electron chi connectivity index (χ2n) is 16.3. The number of hydrogen-bond acceptors (Lipinski definition) is 10. The minimum atomic E-state index is -1.03. The number of benzene rings is 4. The smallest absolute Gasteiger partial charge is 0.200 e. The Hall–Kier alpha value is -6.07. The number of Topliss-reactive ketones (excluding diaryl/α,β-unsaturated/α-hetero) is 1. The summed E-state index contributed by atoms with van der Waals surface area (Å²) in [6.07, 6.45) is 10.2. The van der Waals surface area contributed by atoms with Crippen molar-refractivity contribution in [1.29, 1.82) is 0 Å². The molecule has 0 amide bonds. The SMILES string of the molecule is COc1cc(CCC(O)C2C(=O)CC(c3cc(O)c(O)c(OC)c3)CCc3c(ccc4cc(O)ccc34)NC3=CC(=CCN3)C23CCCC3Cc2ccc[nH]2)ccc1O. The maximum Gasteiger partial charge on any atom is 0.200 e. The Morgan fingerprint density at radius 3 is 2.56 bits per heavy atom. The predicted octanol–water partition coefficient (Wildman–Crippen LogP) is 8.12. The van der Waals surface area contributed by atoms with Crippen LogP contribution in [0.25, 0.3) is 10.8 Å². The number of ketones is 1. The first-order valence-corrected chi connectivity index (χ1v) is 20.5. The molecule has 11 heteroatoms. The van der Waals surface area contributed by atoms with Gasteiger partial charge in [0.15, 0.2) is 23.0 Å². The molecule has 0 radical (unpaired) electrons. The second-order valence-corrected chi connectivity index (χ2v) is 16.3. The van der Waals surface area contributed by atoms with E-state index in [1.165, 1.54) is 20.3 Å². The first kappa shape index (κ1) is 39.7. The number of aromatic hydroxyl groups is 4. The highest BCUT2D eigenvalue weighted by molar-refractivity contribution is 5.91. The predicted molar refractivity (Wildman–Crippen MR) is 227 cm³/mol. The molecular weight excluding hydrogens is 747 g/mol. The molecule has 0 saturated heterocycles. The van der Waals surface area contributed by atoms with Crippen molar-refractivity contribution < 1.29 is 39.8 Å². The van der Waals surface area contributed by atoms with Crippen molar-refractivity contribution in [3.05, 3.63) is 125 Å². The van der Waals surface area contributed by atoms with Gasteiger partial charge in [-0.1, -0.05) is 30.7 Å². The van der Waals surface area contributed by atoms with Gasteiger partial charge in [-0.2, -0.15) is 0 Å². The number of H-pyrrole nitrogens is 1. The largest absolute Gasteiger partial charge is 0.508 e. The van der Waals surface area contributed by atoms with E-state index in [-0.39, 0.29) is 46.9 Å². The molecule has 1 aromatic heterocycles. The Bertz CT molecular complexity index is 2410. The number of methoxy groups -OCH3 is 2. The fourth-order valence-corrected chi connectivity index (χ4v) is 10.3. The molecule has 8 rings (SSSR count). The number of aryl methyl sites for hydroxylation is 2. The van der Waals surface area contributed by atoms with Gasteiger partial charge in [0.1, 0.15) is 17.4 Å². The molecule has 1 fully saturated rings. The summed E-state index contributed by atoms with van der Waals surface area (Å²) in [5, 5.41) is 64.1. The summed E-state index contributed by atoms with van der Waals surface area (Å²) in [4.78, 5) is 19.1. The normalized spacial score (nSPS) is 22.5. The van der Waals surface area contributed by atoms with Gasteiger partial charge < -0.3 is 50.6 Å². The molecule has 4 aromatic carbocycles. The van der Waals surface area contributed by atoms with Crippen LogP contribution in [-0.4, -0.2) is 63.2 Å². The number of aromatic nitrogens is 1. The molecule has 5 aromatic rings. The van der Waals surface area contributed by atoms with Crippen LogP contribution in [0.2, 0.25) is 0 Å². The summed E-state index contributed by atoms with van der Waals surface area (Å²) in [5.41, 5.74) is 4.76. The first-order valence-electron chi connectivity index (χ1n) is 20.5. The van der Waals surface area contributed by atoms with Gasteiger partial charge in [-0.05, 0) is 150 Å². The van der Waals surface area contributed by atoms with E-state index in [1.807, 2.05) is 36.5 Å². The average Bonchev–Trinajstić information content (AvgIpc) is 3.91. The standard InChI is InChI=1S/C48H53N3O8/c1-58-43-21-28(7-15-39(43)53)8-16-40(54)46-41(55)23-29(31-24-42(56)47(57)44(25-31)59-2)9-12-37-36-13-11-35(52)22-30(36)10-14-38(37)51-45-27-33(17-20-50-45)48(46)18-3-5-32(48)26-34-6-4-19-49-34/h4,6-7,10-11,13-15,17,19,21-22,24-25,27,29,32,40,46,49-54,56-57H,3,5,8-9,12,16,18,20,23,26H2,1-2H3. The minimum absolute atomic E-state index is 0.0191. The summed E-state index contributed by atoms with van der Waals surface area (Å²) in [6.45, 7) is 0.529. The summed E-state index contributed by atoms with van der Waals surface area (Å²) in [7, 11) is 2.93. The lowest BCUT2D eigenvalue weighted by molar-refractivity contribution is -0.134. The highest BCUT2D eigenvalue weighted by Crippen LogP contribution is 2.58. The topological polar surface area (TPSA) is 177 Å². The van der Waals surface area contributed by atoms with E-state index < -0.39 is 23.4 Å². The number of dihydropyridines is 1. The number of phenolic OH excluding ortho intramolecular Hbond substituents is 4. The number of ether oxygens (including phenoxy) is 2. The maximum atomic E-state index is 15.7. The van der Waals surface area contributed by atoms with Crippen molar-refractivity contribution in [1.82, 2.24) is 10.3 Å². The zero-order valence-electron chi connectivity index (χ0n) is 33.5.